The summed E-state index contributed by atoms with van der Waals surface area (Å²) in [5.74, 6) is 1.86. The van der Waals surface area contributed by atoms with Crippen molar-refractivity contribution in [3.63, 3.8) is 0 Å². The molecule has 0 radical (unpaired) electrons. The van der Waals surface area contributed by atoms with E-state index in [1.54, 1.807) is 14.2 Å². The van der Waals surface area contributed by atoms with E-state index >= 15 is 0 Å². The van der Waals surface area contributed by atoms with Crippen LogP contribution in [0.25, 0.3) is 0 Å². The highest BCUT2D eigenvalue weighted by molar-refractivity contribution is 5.85. The highest BCUT2D eigenvalue weighted by Gasteiger charge is 2.26. The van der Waals surface area contributed by atoms with Gasteiger partial charge in [-0.25, -0.2) is 0 Å². The van der Waals surface area contributed by atoms with E-state index in [-0.39, 0.29) is 12.4 Å². The summed E-state index contributed by atoms with van der Waals surface area (Å²) in [6, 6.07) is 16.9. The van der Waals surface area contributed by atoms with E-state index in [1.807, 2.05) is 24.3 Å². The molecule has 1 heterocycles. The lowest BCUT2D eigenvalue weighted by atomic mass is 10.0. The number of hydrogen-bond acceptors (Lipinski definition) is 4. The molecule has 1 fully saturated rings. The van der Waals surface area contributed by atoms with Crippen LogP contribution in [0.15, 0.2) is 48.5 Å². The molecule has 0 amide bonds. The van der Waals surface area contributed by atoms with E-state index in [1.165, 1.54) is 11.1 Å². The Morgan fingerprint density at radius 1 is 1.04 bits per heavy atom. The highest BCUT2D eigenvalue weighted by atomic mass is 35.5. The summed E-state index contributed by atoms with van der Waals surface area (Å²) < 4.78 is 10.8. The summed E-state index contributed by atoms with van der Waals surface area (Å²) in [5, 5.41) is 3.50. The van der Waals surface area contributed by atoms with Gasteiger partial charge in [0.1, 0.15) is 11.5 Å². The minimum absolute atomic E-state index is 0. The van der Waals surface area contributed by atoms with Crippen LogP contribution in [0.1, 0.15) is 17.2 Å². The maximum absolute atomic E-state index is 5.56. The molecule has 0 spiro atoms. The van der Waals surface area contributed by atoms with Crippen molar-refractivity contribution in [1.29, 1.82) is 0 Å². The van der Waals surface area contributed by atoms with Gasteiger partial charge in [-0.3, -0.25) is 4.90 Å². The number of halogens is 1. The predicted octanol–water partition coefficient (Wildman–Crippen LogP) is 3.27. The third-order valence-corrected chi connectivity index (χ3v) is 4.40. The smallest absolute Gasteiger partial charge is 0.123 e. The molecule has 1 aliphatic rings. The van der Waals surface area contributed by atoms with Crippen molar-refractivity contribution in [3.05, 3.63) is 59.7 Å². The molecule has 4 nitrogen and oxygen atoms in total. The van der Waals surface area contributed by atoms with Gasteiger partial charge in [-0.2, -0.15) is 0 Å². The average molecular weight is 349 g/mol. The number of hydrogen-bond donors (Lipinski definition) is 1. The molecule has 0 saturated carbocycles. The third kappa shape index (κ3) is 4.20. The summed E-state index contributed by atoms with van der Waals surface area (Å²) >= 11 is 0. The third-order valence-electron chi connectivity index (χ3n) is 4.40. The lowest BCUT2D eigenvalue weighted by Gasteiger charge is -2.37. The molecule has 2 aromatic rings. The fourth-order valence-corrected chi connectivity index (χ4v) is 3.15. The highest BCUT2D eigenvalue weighted by Crippen LogP contribution is 2.31. The standard InChI is InChI=1S/C19H24N2O2.ClH/c1-22-16-9-7-15(8-10-16)14-21-12-11-20-13-18(21)17-5-3-4-6-19(17)23-2;/h3-10,18,20H,11-14H2,1-2H3;1H. The molecular weight excluding hydrogens is 324 g/mol. The topological polar surface area (TPSA) is 33.7 Å². The molecule has 24 heavy (non-hydrogen) atoms. The van der Waals surface area contributed by atoms with Gasteiger partial charge in [0.15, 0.2) is 0 Å². The van der Waals surface area contributed by atoms with Crippen molar-refractivity contribution in [2.75, 3.05) is 33.9 Å². The maximum atomic E-state index is 5.56. The first-order chi connectivity index (χ1) is 11.3. The Kier molecular flexibility index (Phi) is 6.91. The minimum Gasteiger partial charge on any atom is -0.497 e. The van der Waals surface area contributed by atoms with Gasteiger partial charge in [0.2, 0.25) is 0 Å². The molecule has 1 unspecified atom stereocenters. The van der Waals surface area contributed by atoms with Gasteiger partial charge in [-0.1, -0.05) is 30.3 Å². The fourth-order valence-electron chi connectivity index (χ4n) is 3.15. The van der Waals surface area contributed by atoms with Gasteiger partial charge in [-0.05, 0) is 23.8 Å². The van der Waals surface area contributed by atoms with Crippen LogP contribution in [0.4, 0.5) is 0 Å². The SMILES string of the molecule is COc1ccc(CN2CCNCC2c2ccccc2OC)cc1.Cl. The Morgan fingerprint density at radius 2 is 1.79 bits per heavy atom. The number of nitrogens with one attached hydrogen (secondary N) is 1. The molecule has 0 bridgehead atoms. The zero-order valence-corrected chi connectivity index (χ0v) is 15.0. The first-order valence-electron chi connectivity index (χ1n) is 8.02. The zero-order chi connectivity index (χ0) is 16.1. The van der Waals surface area contributed by atoms with Crippen LogP contribution in [0, 0.1) is 0 Å². The van der Waals surface area contributed by atoms with Gasteiger partial charge < -0.3 is 14.8 Å². The first-order valence-corrected chi connectivity index (χ1v) is 8.02. The number of piperazine rings is 1. The van der Waals surface area contributed by atoms with Crippen LogP contribution in [0.5, 0.6) is 11.5 Å². The second-order valence-corrected chi connectivity index (χ2v) is 5.78. The molecule has 1 saturated heterocycles. The zero-order valence-electron chi connectivity index (χ0n) is 14.2. The van der Waals surface area contributed by atoms with E-state index < -0.39 is 0 Å². The molecule has 1 aliphatic heterocycles. The van der Waals surface area contributed by atoms with E-state index in [9.17, 15) is 0 Å². The second kappa shape index (κ2) is 8.92. The number of nitrogens with zero attached hydrogens (tertiary/aromatic N) is 1. The van der Waals surface area contributed by atoms with Crippen LogP contribution in [0.2, 0.25) is 0 Å². The van der Waals surface area contributed by atoms with Gasteiger partial charge in [0, 0.05) is 31.7 Å². The summed E-state index contributed by atoms with van der Waals surface area (Å²) in [4.78, 5) is 2.51. The van der Waals surface area contributed by atoms with Gasteiger partial charge in [-0.15, -0.1) is 12.4 Å². The normalized spacial score (nSPS) is 17.8. The molecule has 0 aliphatic carbocycles. The van der Waals surface area contributed by atoms with Crippen molar-refractivity contribution in [3.8, 4) is 11.5 Å². The molecule has 5 heteroatoms. The molecule has 1 atom stereocenters. The van der Waals surface area contributed by atoms with E-state index in [2.05, 4.69) is 34.5 Å². The van der Waals surface area contributed by atoms with Crippen LogP contribution in [-0.4, -0.2) is 38.8 Å². The minimum atomic E-state index is 0. The first kappa shape index (κ1) is 18.6. The van der Waals surface area contributed by atoms with Gasteiger partial charge in [0.05, 0.1) is 20.3 Å². The molecule has 2 aromatic carbocycles. The number of benzene rings is 2. The van der Waals surface area contributed by atoms with Crippen LogP contribution >= 0.6 is 12.4 Å². The summed E-state index contributed by atoms with van der Waals surface area (Å²) in [5.41, 5.74) is 2.54. The molecule has 0 aromatic heterocycles. The monoisotopic (exact) mass is 348 g/mol. The number of rotatable bonds is 5. The quantitative estimate of drug-likeness (QED) is 0.899. The van der Waals surface area contributed by atoms with E-state index in [4.69, 9.17) is 9.47 Å². The Morgan fingerprint density at radius 3 is 2.50 bits per heavy atom. The van der Waals surface area contributed by atoms with Crippen molar-refractivity contribution in [1.82, 2.24) is 10.2 Å². The lowest BCUT2D eigenvalue weighted by molar-refractivity contribution is 0.151. The second-order valence-electron chi connectivity index (χ2n) is 5.78. The van der Waals surface area contributed by atoms with E-state index in [0.29, 0.717) is 6.04 Å². The summed E-state index contributed by atoms with van der Waals surface area (Å²) in [6.07, 6.45) is 0. The maximum Gasteiger partial charge on any atom is 0.123 e. The van der Waals surface area contributed by atoms with Crippen LogP contribution < -0.4 is 14.8 Å². The number of ether oxygens (including phenoxy) is 2. The number of methoxy groups -OCH3 is 2. The summed E-state index contributed by atoms with van der Waals surface area (Å²) in [7, 11) is 3.44. The fraction of sp³-hybridized carbons (Fsp3) is 0.368. The molecule has 1 N–H and O–H groups in total. The molecular formula is C19H25ClN2O2. The Hall–Kier alpha value is -1.75. The number of para-hydroxylation sites is 1. The van der Waals surface area contributed by atoms with Gasteiger partial charge in [0.25, 0.3) is 0 Å². The van der Waals surface area contributed by atoms with Crippen LogP contribution in [-0.2, 0) is 6.54 Å². The largest absolute Gasteiger partial charge is 0.497 e. The van der Waals surface area contributed by atoms with Crippen LogP contribution in [0.3, 0.4) is 0 Å². The predicted molar refractivity (Wildman–Crippen MR) is 99.3 cm³/mol. The van der Waals surface area contributed by atoms with Gasteiger partial charge >= 0.3 is 0 Å². The van der Waals surface area contributed by atoms with Crippen molar-refractivity contribution in [2.45, 2.75) is 12.6 Å². The molecule has 130 valence electrons. The Bertz CT molecular complexity index is 634. The molecule has 3 rings (SSSR count). The van der Waals surface area contributed by atoms with Crippen molar-refractivity contribution >= 4 is 12.4 Å². The Balaban J connectivity index is 0.00000208. The summed E-state index contributed by atoms with van der Waals surface area (Å²) in [6.45, 7) is 3.90. The van der Waals surface area contributed by atoms with E-state index in [0.717, 1.165) is 37.7 Å². The average Bonchev–Trinajstić information content (AvgIpc) is 2.63. The van der Waals surface area contributed by atoms with Crippen molar-refractivity contribution in [2.24, 2.45) is 0 Å². The Labute approximate surface area is 150 Å². The lowest BCUT2D eigenvalue weighted by Crippen LogP contribution is -2.45. The van der Waals surface area contributed by atoms with Crippen molar-refractivity contribution < 1.29 is 9.47 Å².